The van der Waals surface area contributed by atoms with E-state index in [-0.39, 0.29) is 6.61 Å². The van der Waals surface area contributed by atoms with E-state index in [9.17, 15) is 5.11 Å². The lowest BCUT2D eigenvalue weighted by atomic mass is 10.2. The van der Waals surface area contributed by atoms with E-state index in [1.54, 1.807) is 0 Å². The van der Waals surface area contributed by atoms with E-state index in [1.807, 2.05) is 47.8 Å². The molecule has 1 aliphatic heterocycles. The number of hydrogen-bond acceptors (Lipinski definition) is 5. The Bertz CT molecular complexity index is 865. The zero-order valence-corrected chi connectivity index (χ0v) is 13.6. The molecule has 116 valence electrons. The van der Waals surface area contributed by atoms with Gasteiger partial charge in [0, 0.05) is 16.0 Å². The van der Waals surface area contributed by atoms with E-state index in [2.05, 4.69) is 9.88 Å². The molecule has 1 aliphatic rings. The average molecular weight is 345 g/mol. The van der Waals surface area contributed by atoms with Gasteiger partial charge in [0.25, 0.3) is 0 Å². The van der Waals surface area contributed by atoms with Crippen molar-refractivity contribution in [1.82, 2.24) is 4.98 Å². The minimum atomic E-state index is -0.0696. The number of aliphatic hydroxyl groups excluding tert-OH is 1. The van der Waals surface area contributed by atoms with Crippen LogP contribution in [-0.4, -0.2) is 10.1 Å². The van der Waals surface area contributed by atoms with Crippen LogP contribution in [-0.2, 0) is 13.2 Å². The molecule has 1 aromatic heterocycles. The highest BCUT2D eigenvalue weighted by Gasteiger charge is 2.24. The van der Waals surface area contributed by atoms with Gasteiger partial charge in [-0.2, -0.15) is 0 Å². The summed E-state index contributed by atoms with van der Waals surface area (Å²) in [5, 5.41) is 12.6. The number of halogens is 1. The van der Waals surface area contributed by atoms with Crippen molar-refractivity contribution in [3.05, 3.63) is 64.1 Å². The molecule has 0 amide bonds. The van der Waals surface area contributed by atoms with Gasteiger partial charge in [-0.3, -0.25) is 0 Å². The van der Waals surface area contributed by atoms with Gasteiger partial charge in [-0.15, -0.1) is 11.3 Å². The Morgan fingerprint density at radius 1 is 1.22 bits per heavy atom. The van der Waals surface area contributed by atoms with Crippen molar-refractivity contribution in [2.24, 2.45) is 0 Å². The number of para-hydroxylation sites is 1. The summed E-state index contributed by atoms with van der Waals surface area (Å²) in [5.41, 5.74) is 2.60. The van der Waals surface area contributed by atoms with Gasteiger partial charge in [0.05, 0.1) is 24.5 Å². The van der Waals surface area contributed by atoms with Gasteiger partial charge in [-0.1, -0.05) is 29.8 Å². The SMILES string of the molecule is OCc1csc(N2Cc3ccccc3Oc3ccc(Cl)cc32)n1. The molecule has 4 rings (SSSR count). The van der Waals surface area contributed by atoms with Crippen molar-refractivity contribution in [3.63, 3.8) is 0 Å². The predicted octanol–water partition coefficient (Wildman–Crippen LogP) is 4.73. The second kappa shape index (κ2) is 5.85. The van der Waals surface area contributed by atoms with Crippen LogP contribution < -0.4 is 9.64 Å². The molecule has 0 unspecified atom stereocenters. The topological polar surface area (TPSA) is 45.6 Å². The minimum absolute atomic E-state index is 0.0696. The number of nitrogens with zero attached hydrogens (tertiary/aromatic N) is 2. The first kappa shape index (κ1) is 14.5. The van der Waals surface area contributed by atoms with Crippen molar-refractivity contribution in [1.29, 1.82) is 0 Å². The standard InChI is InChI=1S/C17H13ClN2O2S/c18-12-5-6-16-14(7-12)20(17-19-13(9-21)10-23-17)8-11-3-1-2-4-15(11)22-16/h1-7,10,21H,8-9H2. The van der Waals surface area contributed by atoms with Crippen LogP contribution in [0.15, 0.2) is 47.8 Å². The molecule has 0 spiro atoms. The van der Waals surface area contributed by atoms with Crippen molar-refractivity contribution < 1.29 is 9.84 Å². The van der Waals surface area contributed by atoms with Gasteiger partial charge >= 0.3 is 0 Å². The van der Waals surface area contributed by atoms with Crippen LogP contribution in [0.25, 0.3) is 0 Å². The largest absolute Gasteiger partial charge is 0.455 e. The zero-order valence-electron chi connectivity index (χ0n) is 12.1. The molecule has 0 bridgehead atoms. The quantitative estimate of drug-likeness (QED) is 0.729. The highest BCUT2D eigenvalue weighted by atomic mass is 35.5. The Morgan fingerprint density at radius 3 is 2.91 bits per heavy atom. The third-order valence-corrected chi connectivity index (χ3v) is 4.81. The Balaban J connectivity index is 1.88. The predicted molar refractivity (Wildman–Crippen MR) is 91.8 cm³/mol. The molecule has 6 heteroatoms. The second-order valence-electron chi connectivity index (χ2n) is 5.19. The van der Waals surface area contributed by atoms with Crippen molar-refractivity contribution in [3.8, 4) is 11.5 Å². The number of rotatable bonds is 2. The molecule has 0 saturated carbocycles. The fourth-order valence-corrected chi connectivity index (χ4v) is 3.55. The number of aliphatic hydroxyl groups is 1. The van der Waals surface area contributed by atoms with Crippen molar-refractivity contribution in [2.75, 3.05) is 4.90 Å². The first-order chi connectivity index (χ1) is 11.2. The Labute approximate surface area is 142 Å². The molecule has 0 radical (unpaired) electrons. The fourth-order valence-electron chi connectivity index (χ4n) is 2.56. The summed E-state index contributed by atoms with van der Waals surface area (Å²) in [4.78, 5) is 6.56. The van der Waals surface area contributed by atoms with Gasteiger partial charge in [-0.25, -0.2) is 4.98 Å². The molecule has 1 N–H and O–H groups in total. The monoisotopic (exact) mass is 344 g/mol. The summed E-state index contributed by atoms with van der Waals surface area (Å²) in [6.45, 7) is 0.557. The van der Waals surface area contributed by atoms with Crippen molar-refractivity contribution in [2.45, 2.75) is 13.2 Å². The lowest BCUT2D eigenvalue weighted by Gasteiger charge is -2.21. The van der Waals surface area contributed by atoms with Crippen molar-refractivity contribution >= 4 is 33.8 Å². The first-order valence-corrected chi connectivity index (χ1v) is 8.38. The third kappa shape index (κ3) is 2.67. The minimum Gasteiger partial charge on any atom is -0.455 e. The molecular weight excluding hydrogens is 332 g/mol. The molecule has 3 aromatic rings. The Hall–Kier alpha value is -2.08. The highest BCUT2D eigenvalue weighted by Crippen LogP contribution is 2.44. The van der Waals surface area contributed by atoms with Gasteiger partial charge in [0.1, 0.15) is 5.75 Å². The molecular formula is C17H13ClN2O2S. The van der Waals surface area contributed by atoms with E-state index in [4.69, 9.17) is 16.3 Å². The number of benzene rings is 2. The van der Waals surface area contributed by atoms with Crippen LogP contribution in [0.2, 0.25) is 5.02 Å². The summed E-state index contributed by atoms with van der Waals surface area (Å²) < 4.78 is 6.07. The van der Waals surface area contributed by atoms with Crippen LogP contribution in [0.3, 0.4) is 0 Å². The van der Waals surface area contributed by atoms with E-state index in [0.717, 1.165) is 27.9 Å². The maximum atomic E-state index is 9.28. The summed E-state index contributed by atoms with van der Waals surface area (Å²) in [6.07, 6.45) is 0. The Morgan fingerprint density at radius 2 is 2.09 bits per heavy atom. The highest BCUT2D eigenvalue weighted by molar-refractivity contribution is 7.13. The van der Waals surface area contributed by atoms with E-state index in [1.165, 1.54) is 11.3 Å². The summed E-state index contributed by atoms with van der Waals surface area (Å²) in [5.74, 6) is 1.57. The van der Waals surface area contributed by atoms with Gasteiger partial charge in [0.2, 0.25) is 0 Å². The molecule has 0 fully saturated rings. The number of anilines is 2. The van der Waals surface area contributed by atoms with E-state index >= 15 is 0 Å². The van der Waals surface area contributed by atoms with Crippen LogP contribution >= 0.6 is 22.9 Å². The number of fused-ring (bicyclic) bond motifs is 2. The van der Waals surface area contributed by atoms with E-state index in [0.29, 0.717) is 17.3 Å². The lowest BCUT2D eigenvalue weighted by Crippen LogP contribution is -2.15. The maximum absolute atomic E-state index is 9.28. The van der Waals surface area contributed by atoms with Crippen LogP contribution in [0.1, 0.15) is 11.3 Å². The van der Waals surface area contributed by atoms with Crippen LogP contribution in [0, 0.1) is 0 Å². The summed E-state index contributed by atoms with van der Waals surface area (Å²) >= 11 is 7.68. The fraction of sp³-hybridized carbons (Fsp3) is 0.118. The van der Waals surface area contributed by atoms with Crippen LogP contribution in [0.5, 0.6) is 11.5 Å². The summed E-state index contributed by atoms with van der Waals surface area (Å²) in [7, 11) is 0. The van der Waals surface area contributed by atoms with Gasteiger partial charge in [-0.05, 0) is 24.3 Å². The number of hydrogen-bond donors (Lipinski definition) is 1. The normalized spacial score (nSPS) is 13.0. The van der Waals surface area contributed by atoms with Crippen LogP contribution in [0.4, 0.5) is 10.8 Å². The smallest absolute Gasteiger partial charge is 0.190 e. The molecule has 4 nitrogen and oxygen atoms in total. The molecule has 0 saturated heterocycles. The van der Waals surface area contributed by atoms with E-state index < -0.39 is 0 Å². The van der Waals surface area contributed by atoms with Gasteiger partial charge in [0.15, 0.2) is 10.9 Å². The number of aromatic nitrogens is 1. The third-order valence-electron chi connectivity index (χ3n) is 3.67. The zero-order chi connectivity index (χ0) is 15.8. The Kier molecular flexibility index (Phi) is 3.69. The number of ether oxygens (including phenoxy) is 1. The number of thiazole rings is 1. The lowest BCUT2D eigenvalue weighted by molar-refractivity contribution is 0.277. The van der Waals surface area contributed by atoms with Gasteiger partial charge < -0.3 is 14.7 Å². The molecule has 23 heavy (non-hydrogen) atoms. The molecule has 2 heterocycles. The maximum Gasteiger partial charge on any atom is 0.190 e. The molecule has 2 aromatic carbocycles. The first-order valence-electron chi connectivity index (χ1n) is 7.13. The molecule has 0 aliphatic carbocycles. The molecule has 0 atom stereocenters. The summed E-state index contributed by atoms with van der Waals surface area (Å²) in [6, 6.07) is 13.5. The second-order valence-corrected chi connectivity index (χ2v) is 6.46. The average Bonchev–Trinajstić information content (AvgIpc) is 2.98.